The molecule has 0 N–H and O–H groups in total. The van der Waals surface area contributed by atoms with Gasteiger partial charge in [0.15, 0.2) is 6.10 Å². The third kappa shape index (κ3) is 2.85. The molecule has 18 heavy (non-hydrogen) atoms. The van der Waals surface area contributed by atoms with E-state index in [1.165, 1.54) is 13.3 Å². The van der Waals surface area contributed by atoms with Gasteiger partial charge in [-0.15, -0.1) is 0 Å². The van der Waals surface area contributed by atoms with E-state index in [2.05, 4.69) is 25.9 Å². The summed E-state index contributed by atoms with van der Waals surface area (Å²) in [5.74, 6) is 0.519. The standard InChI is InChI=1S/C14H23NO3/c1-9-7-14(3,4)6-5-11-12(8-17-10(2)16)18-15-13(9)11/h9,11-12H,5-8H2,1-4H3. The van der Waals surface area contributed by atoms with Gasteiger partial charge in [-0.1, -0.05) is 25.9 Å². The molecule has 0 radical (unpaired) electrons. The van der Waals surface area contributed by atoms with Gasteiger partial charge in [0.2, 0.25) is 0 Å². The third-order valence-corrected chi connectivity index (χ3v) is 4.07. The summed E-state index contributed by atoms with van der Waals surface area (Å²) in [6.07, 6.45) is 3.30. The Morgan fingerprint density at radius 2 is 2.28 bits per heavy atom. The molecular formula is C14H23NO3. The fraction of sp³-hybridized carbons (Fsp3) is 0.857. The molecule has 0 spiro atoms. The molecule has 1 saturated carbocycles. The van der Waals surface area contributed by atoms with Crippen molar-refractivity contribution in [3.05, 3.63) is 0 Å². The first kappa shape index (κ1) is 13.4. The van der Waals surface area contributed by atoms with Gasteiger partial charge in [0, 0.05) is 12.8 Å². The lowest BCUT2D eigenvalue weighted by Crippen LogP contribution is -2.30. The summed E-state index contributed by atoms with van der Waals surface area (Å²) < 4.78 is 5.07. The first-order chi connectivity index (χ1) is 8.39. The highest BCUT2D eigenvalue weighted by atomic mass is 16.7. The summed E-state index contributed by atoms with van der Waals surface area (Å²) >= 11 is 0. The van der Waals surface area contributed by atoms with Gasteiger partial charge in [0.05, 0.1) is 5.71 Å². The molecule has 0 bridgehead atoms. The van der Waals surface area contributed by atoms with E-state index in [1.807, 2.05) is 0 Å². The van der Waals surface area contributed by atoms with Crippen molar-refractivity contribution in [1.82, 2.24) is 0 Å². The molecule has 0 aromatic carbocycles. The maximum absolute atomic E-state index is 10.9. The number of esters is 1. The van der Waals surface area contributed by atoms with Crippen LogP contribution in [0.3, 0.4) is 0 Å². The molecule has 102 valence electrons. The highest BCUT2D eigenvalue weighted by Crippen LogP contribution is 2.41. The van der Waals surface area contributed by atoms with E-state index in [1.54, 1.807) is 0 Å². The van der Waals surface area contributed by atoms with Crippen molar-refractivity contribution in [3.8, 4) is 0 Å². The molecule has 0 aromatic rings. The van der Waals surface area contributed by atoms with Crippen LogP contribution in [-0.2, 0) is 14.4 Å². The molecule has 3 atom stereocenters. The van der Waals surface area contributed by atoms with E-state index in [9.17, 15) is 4.79 Å². The average molecular weight is 253 g/mol. The van der Waals surface area contributed by atoms with Crippen molar-refractivity contribution in [2.75, 3.05) is 6.61 Å². The summed E-state index contributed by atoms with van der Waals surface area (Å²) in [5.41, 5.74) is 1.52. The van der Waals surface area contributed by atoms with Crippen LogP contribution in [-0.4, -0.2) is 24.4 Å². The molecule has 1 fully saturated rings. The van der Waals surface area contributed by atoms with Crippen LogP contribution < -0.4 is 0 Å². The number of ether oxygens (including phenoxy) is 1. The zero-order chi connectivity index (χ0) is 13.3. The molecular weight excluding hydrogens is 230 g/mol. The van der Waals surface area contributed by atoms with E-state index in [-0.39, 0.29) is 12.1 Å². The molecule has 2 aliphatic rings. The number of carbonyl (C=O) groups excluding carboxylic acids is 1. The second kappa shape index (κ2) is 4.90. The molecule has 1 aliphatic heterocycles. The fourth-order valence-electron chi connectivity index (χ4n) is 3.18. The zero-order valence-corrected chi connectivity index (χ0v) is 11.7. The van der Waals surface area contributed by atoms with Gasteiger partial charge >= 0.3 is 5.97 Å². The van der Waals surface area contributed by atoms with Crippen molar-refractivity contribution in [2.24, 2.45) is 22.4 Å². The minimum atomic E-state index is -0.256. The lowest BCUT2D eigenvalue weighted by Gasteiger charge is -2.24. The summed E-state index contributed by atoms with van der Waals surface area (Å²) in [6.45, 7) is 8.59. The molecule has 4 nitrogen and oxygen atoms in total. The predicted molar refractivity (Wildman–Crippen MR) is 69.2 cm³/mol. The second-order valence-corrected chi connectivity index (χ2v) is 6.38. The Morgan fingerprint density at radius 1 is 1.56 bits per heavy atom. The van der Waals surface area contributed by atoms with Crippen molar-refractivity contribution >= 4 is 11.7 Å². The summed E-state index contributed by atoms with van der Waals surface area (Å²) in [6, 6.07) is 0. The number of hydrogen-bond acceptors (Lipinski definition) is 4. The van der Waals surface area contributed by atoms with E-state index in [4.69, 9.17) is 9.57 Å². The van der Waals surface area contributed by atoms with E-state index in [0.717, 1.165) is 18.6 Å². The van der Waals surface area contributed by atoms with Crippen LogP contribution in [0.25, 0.3) is 0 Å². The number of nitrogens with zero attached hydrogens (tertiary/aromatic N) is 1. The lowest BCUT2D eigenvalue weighted by molar-refractivity contribution is -0.145. The molecule has 0 saturated heterocycles. The number of hydrogen-bond donors (Lipinski definition) is 0. The van der Waals surface area contributed by atoms with Crippen LogP contribution in [0, 0.1) is 17.3 Å². The highest BCUT2D eigenvalue weighted by Gasteiger charge is 2.41. The Bertz CT molecular complexity index is 362. The molecule has 0 aromatic heterocycles. The number of rotatable bonds is 2. The Morgan fingerprint density at radius 3 is 2.94 bits per heavy atom. The molecule has 3 unspecified atom stereocenters. The SMILES string of the molecule is CC(=O)OCC1ON=C2C(C)CC(C)(C)CCC21. The van der Waals surface area contributed by atoms with Gasteiger partial charge in [-0.2, -0.15) is 0 Å². The van der Waals surface area contributed by atoms with Crippen molar-refractivity contribution in [3.63, 3.8) is 0 Å². The fourth-order valence-corrected chi connectivity index (χ4v) is 3.18. The quantitative estimate of drug-likeness (QED) is 0.711. The van der Waals surface area contributed by atoms with Crippen LogP contribution in [0.1, 0.15) is 47.0 Å². The normalized spacial score (nSPS) is 34.0. The van der Waals surface area contributed by atoms with Gasteiger partial charge < -0.3 is 9.57 Å². The second-order valence-electron chi connectivity index (χ2n) is 6.38. The highest BCUT2D eigenvalue weighted by molar-refractivity contribution is 5.90. The molecule has 0 amide bonds. The van der Waals surface area contributed by atoms with Crippen LogP contribution in [0.5, 0.6) is 0 Å². The number of oxime groups is 1. The minimum absolute atomic E-state index is 0.0831. The summed E-state index contributed by atoms with van der Waals surface area (Å²) in [4.78, 5) is 16.3. The van der Waals surface area contributed by atoms with Gasteiger partial charge in [0.25, 0.3) is 0 Å². The largest absolute Gasteiger partial charge is 0.462 e. The first-order valence-electron chi connectivity index (χ1n) is 6.76. The van der Waals surface area contributed by atoms with Gasteiger partial charge in [0.1, 0.15) is 6.61 Å². The van der Waals surface area contributed by atoms with Crippen molar-refractivity contribution in [2.45, 2.75) is 53.1 Å². The zero-order valence-electron chi connectivity index (χ0n) is 11.7. The third-order valence-electron chi connectivity index (χ3n) is 4.07. The smallest absolute Gasteiger partial charge is 0.302 e. The Labute approximate surface area is 109 Å². The molecule has 2 rings (SSSR count). The monoisotopic (exact) mass is 253 g/mol. The maximum atomic E-state index is 10.9. The van der Waals surface area contributed by atoms with Gasteiger partial charge in [-0.25, -0.2) is 0 Å². The molecule has 4 heteroatoms. The topological polar surface area (TPSA) is 47.9 Å². The predicted octanol–water partition coefficient (Wildman–Crippen LogP) is 2.77. The summed E-state index contributed by atoms with van der Waals surface area (Å²) in [7, 11) is 0. The van der Waals surface area contributed by atoms with Gasteiger partial charge in [-0.05, 0) is 30.6 Å². The molecule has 1 aliphatic carbocycles. The lowest BCUT2D eigenvalue weighted by atomic mass is 9.82. The van der Waals surface area contributed by atoms with Crippen LogP contribution >= 0.6 is 0 Å². The van der Waals surface area contributed by atoms with Crippen LogP contribution in [0.4, 0.5) is 0 Å². The number of fused-ring (bicyclic) bond motifs is 1. The van der Waals surface area contributed by atoms with Crippen LogP contribution in [0.15, 0.2) is 5.16 Å². The minimum Gasteiger partial charge on any atom is -0.462 e. The molecule has 1 heterocycles. The van der Waals surface area contributed by atoms with Crippen LogP contribution in [0.2, 0.25) is 0 Å². The van der Waals surface area contributed by atoms with Gasteiger partial charge in [-0.3, -0.25) is 4.79 Å². The number of carbonyl (C=O) groups is 1. The van der Waals surface area contributed by atoms with Crippen molar-refractivity contribution in [1.29, 1.82) is 0 Å². The van der Waals surface area contributed by atoms with Crippen molar-refractivity contribution < 1.29 is 14.4 Å². The first-order valence-corrected chi connectivity index (χ1v) is 6.76. The Kier molecular flexibility index (Phi) is 3.64. The Hall–Kier alpha value is -1.06. The Balaban J connectivity index is 2.04. The maximum Gasteiger partial charge on any atom is 0.302 e. The van der Waals surface area contributed by atoms with E-state index < -0.39 is 0 Å². The van der Waals surface area contributed by atoms with E-state index >= 15 is 0 Å². The van der Waals surface area contributed by atoms with E-state index in [0.29, 0.717) is 23.9 Å². The average Bonchev–Trinajstić information content (AvgIpc) is 2.61. The summed E-state index contributed by atoms with van der Waals surface area (Å²) in [5, 5.41) is 4.25.